The Labute approximate surface area is 197 Å². The molecule has 34 heavy (non-hydrogen) atoms. The third-order valence-corrected chi connectivity index (χ3v) is 6.22. The third kappa shape index (κ3) is 4.49. The molecule has 6 heteroatoms. The molecule has 1 aliphatic heterocycles. The van der Waals surface area contributed by atoms with E-state index in [0.29, 0.717) is 29.7 Å². The molecule has 0 radical (unpaired) electrons. The number of nitrogens with one attached hydrogen (secondary N) is 1. The minimum Gasteiger partial charge on any atom is -0.505 e. The summed E-state index contributed by atoms with van der Waals surface area (Å²) in [7, 11) is 0. The molecule has 0 saturated heterocycles. The van der Waals surface area contributed by atoms with Gasteiger partial charge in [-0.2, -0.15) is 0 Å². The summed E-state index contributed by atoms with van der Waals surface area (Å²) in [6.07, 6.45) is 0. The van der Waals surface area contributed by atoms with Crippen molar-refractivity contribution in [2.45, 2.75) is 19.6 Å². The molecule has 0 saturated carbocycles. The van der Waals surface area contributed by atoms with Gasteiger partial charge in [-0.15, -0.1) is 0 Å². The van der Waals surface area contributed by atoms with E-state index in [-0.39, 0.29) is 29.6 Å². The minimum absolute atomic E-state index is 0.156. The van der Waals surface area contributed by atoms with Crippen LogP contribution in [-0.2, 0) is 24.4 Å². The van der Waals surface area contributed by atoms with Crippen molar-refractivity contribution in [2.75, 3.05) is 11.9 Å². The van der Waals surface area contributed by atoms with Gasteiger partial charge in [0.25, 0.3) is 5.91 Å². The zero-order chi connectivity index (χ0) is 23.5. The van der Waals surface area contributed by atoms with Crippen molar-refractivity contribution < 1.29 is 18.8 Å². The SMILES string of the molecule is O=C(C[N+]1(Cc2ccccc2)Cc2ccccc2C1)Nc1c(O)cc(-c2ccccc2)oc1=O. The van der Waals surface area contributed by atoms with E-state index in [0.717, 1.165) is 5.56 Å². The summed E-state index contributed by atoms with van der Waals surface area (Å²) in [5.74, 6) is -0.426. The number of aromatic hydroxyl groups is 1. The number of carbonyl (C=O) groups is 1. The zero-order valence-corrected chi connectivity index (χ0v) is 18.6. The first-order valence-electron chi connectivity index (χ1n) is 11.2. The molecule has 5 rings (SSSR count). The standard InChI is InChI=1S/C28H24N2O4/c31-24-15-25(21-11-5-2-6-12-21)34-28(33)27(24)29-26(32)19-30(16-20-9-3-1-4-10-20)17-22-13-7-8-14-23(22)18-30/h1-15H,16-19H2,(H-,29,31,32,33)/p+1. The molecule has 4 aromatic rings. The number of nitrogens with zero attached hydrogens (tertiary/aromatic N) is 1. The van der Waals surface area contributed by atoms with Gasteiger partial charge in [-0.1, -0.05) is 84.9 Å². The molecule has 6 nitrogen and oxygen atoms in total. The molecule has 0 spiro atoms. The molecule has 0 unspecified atom stereocenters. The molecule has 0 atom stereocenters. The van der Waals surface area contributed by atoms with Crippen LogP contribution in [0.2, 0.25) is 0 Å². The second-order valence-electron chi connectivity index (χ2n) is 8.80. The van der Waals surface area contributed by atoms with E-state index in [2.05, 4.69) is 29.6 Å². The smallest absolute Gasteiger partial charge is 0.364 e. The lowest BCUT2D eigenvalue weighted by Gasteiger charge is -2.33. The van der Waals surface area contributed by atoms with Gasteiger partial charge in [0.05, 0.1) is 0 Å². The number of carbonyl (C=O) groups excluding carboxylic acids is 1. The number of quaternary nitrogens is 1. The van der Waals surface area contributed by atoms with Gasteiger partial charge in [-0.3, -0.25) is 4.79 Å². The maximum Gasteiger partial charge on any atom is 0.364 e. The topological polar surface area (TPSA) is 79.5 Å². The zero-order valence-electron chi connectivity index (χ0n) is 18.6. The van der Waals surface area contributed by atoms with Gasteiger partial charge in [0, 0.05) is 28.3 Å². The van der Waals surface area contributed by atoms with Gasteiger partial charge in [-0.05, 0) is 0 Å². The van der Waals surface area contributed by atoms with Crippen molar-refractivity contribution >= 4 is 11.6 Å². The van der Waals surface area contributed by atoms with Crippen LogP contribution in [0.5, 0.6) is 5.75 Å². The highest BCUT2D eigenvalue weighted by atomic mass is 16.4. The normalized spacial score (nSPS) is 13.9. The Balaban J connectivity index is 1.39. The van der Waals surface area contributed by atoms with Gasteiger partial charge >= 0.3 is 5.63 Å². The van der Waals surface area contributed by atoms with Gasteiger partial charge in [0.1, 0.15) is 31.1 Å². The number of amides is 1. The summed E-state index contributed by atoms with van der Waals surface area (Å²) in [5, 5.41) is 13.1. The largest absolute Gasteiger partial charge is 0.505 e. The Morgan fingerprint density at radius 3 is 2.09 bits per heavy atom. The van der Waals surface area contributed by atoms with Crippen LogP contribution in [-0.4, -0.2) is 22.0 Å². The van der Waals surface area contributed by atoms with E-state index in [1.165, 1.54) is 17.2 Å². The highest BCUT2D eigenvalue weighted by molar-refractivity contribution is 5.93. The van der Waals surface area contributed by atoms with Crippen molar-refractivity contribution in [3.05, 3.63) is 118 Å². The Morgan fingerprint density at radius 2 is 1.47 bits per heavy atom. The van der Waals surface area contributed by atoms with Crippen molar-refractivity contribution in [1.29, 1.82) is 0 Å². The highest BCUT2D eigenvalue weighted by Crippen LogP contribution is 2.33. The van der Waals surface area contributed by atoms with E-state index in [1.807, 2.05) is 48.5 Å². The fourth-order valence-electron chi connectivity index (χ4n) is 4.72. The fraction of sp³-hybridized carbons (Fsp3) is 0.143. The fourth-order valence-corrected chi connectivity index (χ4v) is 4.72. The molecule has 0 bridgehead atoms. The van der Waals surface area contributed by atoms with Crippen LogP contribution in [0.4, 0.5) is 5.69 Å². The van der Waals surface area contributed by atoms with Crippen LogP contribution in [0.25, 0.3) is 11.3 Å². The summed E-state index contributed by atoms with van der Waals surface area (Å²) in [5.41, 5.74) is 3.22. The van der Waals surface area contributed by atoms with Gasteiger partial charge < -0.3 is 19.3 Å². The molecule has 2 heterocycles. The molecule has 3 aromatic carbocycles. The van der Waals surface area contributed by atoms with Crippen molar-refractivity contribution in [1.82, 2.24) is 0 Å². The summed E-state index contributed by atoms with van der Waals surface area (Å²) >= 11 is 0. The van der Waals surface area contributed by atoms with Crippen LogP contribution in [0.3, 0.4) is 0 Å². The van der Waals surface area contributed by atoms with Gasteiger partial charge in [0.15, 0.2) is 12.2 Å². The third-order valence-electron chi connectivity index (χ3n) is 6.22. The number of hydrogen-bond acceptors (Lipinski definition) is 4. The maximum atomic E-state index is 13.2. The van der Waals surface area contributed by atoms with Gasteiger partial charge in [0.2, 0.25) is 0 Å². The Morgan fingerprint density at radius 1 is 0.882 bits per heavy atom. The predicted molar refractivity (Wildman–Crippen MR) is 130 cm³/mol. The Kier molecular flexibility index (Phi) is 5.74. The lowest BCUT2D eigenvalue weighted by atomic mass is 10.1. The number of hydrogen-bond donors (Lipinski definition) is 2. The molecule has 1 aliphatic rings. The number of rotatable bonds is 6. The molecular formula is C28H25N2O4+. The van der Waals surface area contributed by atoms with Crippen LogP contribution in [0.1, 0.15) is 16.7 Å². The second kappa shape index (κ2) is 9.00. The first kappa shape index (κ1) is 21.7. The van der Waals surface area contributed by atoms with Crippen LogP contribution < -0.4 is 10.9 Å². The molecule has 1 amide bonds. The van der Waals surface area contributed by atoms with Crippen molar-refractivity contribution in [3.8, 4) is 17.1 Å². The molecule has 0 fully saturated rings. The minimum atomic E-state index is -0.786. The summed E-state index contributed by atoms with van der Waals surface area (Å²) in [6.45, 7) is 2.26. The maximum absolute atomic E-state index is 13.2. The summed E-state index contributed by atoms with van der Waals surface area (Å²) in [4.78, 5) is 25.8. The van der Waals surface area contributed by atoms with Crippen LogP contribution in [0, 0.1) is 0 Å². The van der Waals surface area contributed by atoms with Crippen LogP contribution in [0.15, 0.2) is 100 Å². The van der Waals surface area contributed by atoms with E-state index in [1.54, 1.807) is 12.1 Å². The molecule has 1 aromatic heterocycles. The van der Waals surface area contributed by atoms with Crippen molar-refractivity contribution in [3.63, 3.8) is 0 Å². The van der Waals surface area contributed by atoms with E-state index < -0.39 is 5.63 Å². The van der Waals surface area contributed by atoms with E-state index in [9.17, 15) is 14.7 Å². The first-order chi connectivity index (χ1) is 16.5. The predicted octanol–water partition coefficient (Wildman–Crippen LogP) is 4.68. The molecule has 2 N–H and O–H groups in total. The quantitative estimate of drug-likeness (QED) is 0.416. The van der Waals surface area contributed by atoms with Gasteiger partial charge in [-0.25, -0.2) is 4.79 Å². The Bertz CT molecular complexity index is 1360. The van der Waals surface area contributed by atoms with Crippen molar-refractivity contribution in [2.24, 2.45) is 0 Å². The lowest BCUT2D eigenvalue weighted by Crippen LogP contribution is -2.47. The molecule has 0 aliphatic carbocycles. The Hall–Kier alpha value is -4.16. The number of benzene rings is 3. The first-order valence-corrected chi connectivity index (χ1v) is 11.2. The van der Waals surface area contributed by atoms with E-state index >= 15 is 0 Å². The molecular weight excluding hydrogens is 428 g/mol. The lowest BCUT2D eigenvalue weighted by molar-refractivity contribution is -0.952. The number of anilines is 1. The van der Waals surface area contributed by atoms with E-state index in [4.69, 9.17) is 4.42 Å². The molecule has 170 valence electrons. The average Bonchev–Trinajstić information content (AvgIpc) is 3.19. The average molecular weight is 454 g/mol. The highest BCUT2D eigenvalue weighted by Gasteiger charge is 2.38. The second-order valence-corrected chi connectivity index (χ2v) is 8.80. The summed E-state index contributed by atoms with van der Waals surface area (Å²) < 4.78 is 5.89. The monoisotopic (exact) mass is 453 g/mol. The summed E-state index contributed by atoms with van der Waals surface area (Å²) in [6, 6.07) is 28.7. The van der Waals surface area contributed by atoms with Crippen LogP contribution >= 0.6 is 0 Å². The number of fused-ring (bicyclic) bond motifs is 1.